The molecule has 2 aromatic carbocycles. The molecular weight excluding hydrogens is 444 g/mol. The van der Waals surface area contributed by atoms with Crippen LogP contribution in [0.15, 0.2) is 67.4 Å². The lowest BCUT2D eigenvalue weighted by Gasteiger charge is -2.19. The number of carbonyl (C=O) groups is 1. The molecule has 4 aromatic rings. The molecular formula is C26H26N6O3. The molecule has 0 spiro atoms. The van der Waals surface area contributed by atoms with Gasteiger partial charge in [0.2, 0.25) is 17.7 Å². The van der Waals surface area contributed by atoms with Crippen LogP contribution in [0.3, 0.4) is 0 Å². The lowest BCUT2D eigenvalue weighted by atomic mass is 10.1. The van der Waals surface area contributed by atoms with Crippen LogP contribution < -0.4 is 20.3 Å². The second-order valence-electron chi connectivity index (χ2n) is 8.11. The molecule has 3 heterocycles. The minimum absolute atomic E-state index is 0.292. The minimum Gasteiger partial charge on any atom is -0.438 e. The van der Waals surface area contributed by atoms with Crippen molar-refractivity contribution < 1.29 is 14.3 Å². The summed E-state index contributed by atoms with van der Waals surface area (Å²) in [7, 11) is 1.72. The number of fused-ring (bicyclic) bond motifs is 2. The van der Waals surface area contributed by atoms with E-state index in [4.69, 9.17) is 9.47 Å². The van der Waals surface area contributed by atoms with Crippen molar-refractivity contribution in [3.63, 3.8) is 0 Å². The Morgan fingerprint density at radius 2 is 2.11 bits per heavy atom. The van der Waals surface area contributed by atoms with Crippen LogP contribution in [0.4, 0.5) is 23.0 Å². The van der Waals surface area contributed by atoms with Crippen molar-refractivity contribution in [1.29, 1.82) is 0 Å². The number of anilines is 4. The highest BCUT2D eigenvalue weighted by Gasteiger charge is 2.19. The van der Waals surface area contributed by atoms with Gasteiger partial charge in [-0.2, -0.15) is 9.97 Å². The van der Waals surface area contributed by atoms with Crippen molar-refractivity contribution in [1.82, 2.24) is 15.0 Å². The smallest absolute Gasteiger partial charge is 0.247 e. The number of methoxy groups -OCH3 is 1. The van der Waals surface area contributed by atoms with Crippen molar-refractivity contribution >= 4 is 40.0 Å². The van der Waals surface area contributed by atoms with Crippen LogP contribution in [0, 0.1) is 0 Å². The maximum atomic E-state index is 11.6. The molecule has 1 amide bonds. The Morgan fingerprint density at radius 1 is 1.20 bits per heavy atom. The van der Waals surface area contributed by atoms with Gasteiger partial charge in [-0.25, -0.2) is 0 Å². The van der Waals surface area contributed by atoms with Gasteiger partial charge in [-0.3, -0.25) is 4.79 Å². The van der Waals surface area contributed by atoms with Crippen molar-refractivity contribution in [2.45, 2.75) is 6.42 Å². The van der Waals surface area contributed by atoms with Crippen LogP contribution >= 0.6 is 0 Å². The van der Waals surface area contributed by atoms with Crippen molar-refractivity contribution in [3.8, 4) is 11.6 Å². The second-order valence-corrected chi connectivity index (χ2v) is 8.11. The number of hydrogen-bond donors (Lipinski definition) is 3. The molecule has 0 atom stereocenters. The predicted molar refractivity (Wildman–Crippen MR) is 137 cm³/mol. The van der Waals surface area contributed by atoms with Crippen LogP contribution in [0.2, 0.25) is 0 Å². The van der Waals surface area contributed by atoms with Crippen LogP contribution in [0.5, 0.6) is 11.6 Å². The average Bonchev–Trinajstić information content (AvgIpc) is 3.50. The molecule has 178 valence electrons. The number of aromatic nitrogens is 3. The number of ether oxygens (including phenoxy) is 2. The zero-order valence-corrected chi connectivity index (χ0v) is 19.4. The molecule has 3 N–H and O–H groups in total. The van der Waals surface area contributed by atoms with Gasteiger partial charge in [0.15, 0.2) is 0 Å². The average molecular weight is 471 g/mol. The molecule has 0 saturated carbocycles. The summed E-state index contributed by atoms with van der Waals surface area (Å²) in [6.07, 6.45) is 3.99. The minimum atomic E-state index is -0.292. The summed E-state index contributed by atoms with van der Waals surface area (Å²) in [5.74, 6) is 1.06. The topological polar surface area (TPSA) is 104 Å². The van der Waals surface area contributed by atoms with Gasteiger partial charge in [0.25, 0.3) is 0 Å². The normalized spacial score (nSPS) is 12.4. The number of rotatable bonds is 9. The Kier molecular flexibility index (Phi) is 6.32. The van der Waals surface area contributed by atoms with Gasteiger partial charge in [0.05, 0.1) is 12.0 Å². The highest BCUT2D eigenvalue weighted by molar-refractivity contribution is 5.99. The zero-order chi connectivity index (χ0) is 24.2. The van der Waals surface area contributed by atoms with Crippen molar-refractivity contribution in [2.75, 3.05) is 42.3 Å². The molecule has 9 nitrogen and oxygen atoms in total. The molecule has 9 heteroatoms. The first-order chi connectivity index (χ1) is 17.1. The number of aromatic amines is 1. The molecule has 0 bridgehead atoms. The zero-order valence-electron chi connectivity index (χ0n) is 19.4. The lowest BCUT2D eigenvalue weighted by Crippen LogP contribution is -2.24. The lowest BCUT2D eigenvalue weighted by molar-refractivity contribution is -0.111. The monoisotopic (exact) mass is 470 g/mol. The fourth-order valence-corrected chi connectivity index (χ4v) is 4.10. The number of hydrogen-bond acceptors (Lipinski definition) is 7. The van der Waals surface area contributed by atoms with E-state index in [9.17, 15) is 4.79 Å². The quantitative estimate of drug-likeness (QED) is 0.307. The van der Waals surface area contributed by atoms with E-state index in [-0.39, 0.29) is 5.91 Å². The molecule has 0 unspecified atom stereocenters. The molecule has 5 rings (SSSR count). The van der Waals surface area contributed by atoms with E-state index in [0.29, 0.717) is 35.5 Å². The predicted octanol–water partition coefficient (Wildman–Crippen LogP) is 4.63. The number of carbonyl (C=O) groups excluding carboxylic acids is 1. The van der Waals surface area contributed by atoms with Gasteiger partial charge in [0.1, 0.15) is 11.4 Å². The Labute approximate surface area is 202 Å². The summed E-state index contributed by atoms with van der Waals surface area (Å²) in [5.41, 5.74) is 4.68. The van der Waals surface area contributed by atoms with Crippen LogP contribution in [-0.2, 0) is 16.0 Å². The van der Waals surface area contributed by atoms with E-state index in [1.807, 2.05) is 12.1 Å². The Bertz CT molecular complexity index is 1380. The Balaban J connectivity index is 1.38. The molecule has 1 aliphatic rings. The first-order valence-electron chi connectivity index (χ1n) is 11.3. The standard InChI is InChI=1S/C26H26N6O3/c1-3-23(33)28-18-5-4-6-20(16-18)35-25-21-9-11-27-24(21)30-26(31-25)29-19-7-8-22-17(15-19)10-12-32(22)13-14-34-2/h3-9,11,15-16H,1,10,12-14H2,2H3,(H,28,33)(H2,27,29,30,31). The highest BCUT2D eigenvalue weighted by Crippen LogP contribution is 2.33. The third-order valence-corrected chi connectivity index (χ3v) is 5.77. The Hall–Kier alpha value is -4.37. The molecule has 1 aliphatic heterocycles. The van der Waals surface area contributed by atoms with E-state index >= 15 is 0 Å². The van der Waals surface area contributed by atoms with Gasteiger partial charge in [-0.05, 0) is 54.5 Å². The van der Waals surface area contributed by atoms with E-state index in [0.717, 1.165) is 30.6 Å². The summed E-state index contributed by atoms with van der Waals surface area (Å²) in [4.78, 5) is 26.3. The summed E-state index contributed by atoms with van der Waals surface area (Å²) in [6, 6.07) is 15.2. The van der Waals surface area contributed by atoms with E-state index in [2.05, 4.69) is 49.2 Å². The van der Waals surface area contributed by atoms with Crippen LogP contribution in [0.25, 0.3) is 11.0 Å². The third-order valence-electron chi connectivity index (χ3n) is 5.77. The van der Waals surface area contributed by atoms with E-state index in [1.54, 1.807) is 37.6 Å². The van der Waals surface area contributed by atoms with E-state index in [1.165, 1.54) is 17.3 Å². The van der Waals surface area contributed by atoms with Gasteiger partial charge >= 0.3 is 0 Å². The molecule has 0 fully saturated rings. The number of benzene rings is 2. The largest absolute Gasteiger partial charge is 0.438 e. The Morgan fingerprint density at radius 3 is 2.97 bits per heavy atom. The van der Waals surface area contributed by atoms with Crippen molar-refractivity contribution in [3.05, 3.63) is 72.9 Å². The summed E-state index contributed by atoms with van der Waals surface area (Å²) < 4.78 is 11.3. The third kappa shape index (κ3) is 4.95. The van der Waals surface area contributed by atoms with Gasteiger partial charge < -0.3 is 30.0 Å². The van der Waals surface area contributed by atoms with E-state index < -0.39 is 0 Å². The number of nitrogens with one attached hydrogen (secondary N) is 3. The maximum absolute atomic E-state index is 11.6. The fraction of sp³-hybridized carbons (Fsp3) is 0.192. The van der Waals surface area contributed by atoms with Crippen LogP contribution in [-0.4, -0.2) is 47.7 Å². The summed E-state index contributed by atoms with van der Waals surface area (Å²) in [6.45, 7) is 6.04. The fourth-order valence-electron chi connectivity index (χ4n) is 4.10. The molecule has 0 saturated heterocycles. The SMILES string of the molecule is C=CC(=O)Nc1cccc(Oc2nc(Nc3ccc4c(c3)CCN4CCOC)nc3[nH]ccc23)c1. The number of H-pyrrole nitrogens is 1. The maximum Gasteiger partial charge on any atom is 0.247 e. The number of amides is 1. The molecule has 2 aromatic heterocycles. The molecule has 0 aliphatic carbocycles. The molecule has 35 heavy (non-hydrogen) atoms. The number of nitrogens with zero attached hydrogens (tertiary/aromatic N) is 3. The molecule has 0 radical (unpaired) electrons. The summed E-state index contributed by atoms with van der Waals surface area (Å²) >= 11 is 0. The van der Waals surface area contributed by atoms with Crippen molar-refractivity contribution in [2.24, 2.45) is 0 Å². The first kappa shape index (κ1) is 22.4. The van der Waals surface area contributed by atoms with Crippen LogP contribution in [0.1, 0.15) is 5.56 Å². The summed E-state index contributed by atoms with van der Waals surface area (Å²) in [5, 5.41) is 6.79. The van der Waals surface area contributed by atoms with Gasteiger partial charge in [-0.1, -0.05) is 12.6 Å². The van der Waals surface area contributed by atoms with Gasteiger partial charge in [0, 0.05) is 49.5 Å². The van der Waals surface area contributed by atoms with Gasteiger partial charge in [-0.15, -0.1) is 0 Å². The first-order valence-corrected chi connectivity index (χ1v) is 11.3. The second kappa shape index (κ2) is 9.86. The highest BCUT2D eigenvalue weighted by atomic mass is 16.5.